The van der Waals surface area contributed by atoms with E-state index in [1.165, 1.54) is 7.05 Å². The van der Waals surface area contributed by atoms with Crippen LogP contribution in [0.1, 0.15) is 46.3 Å². The number of carbonyl (C=O) groups excluding carboxylic acids is 2. The number of fused-ring (bicyclic) bond motifs is 2. The van der Waals surface area contributed by atoms with Crippen LogP contribution in [0.4, 0.5) is 0 Å². The Hall–Kier alpha value is -3.37. The summed E-state index contributed by atoms with van der Waals surface area (Å²) in [5.41, 5.74) is 3.70. The lowest BCUT2D eigenvalue weighted by atomic mass is 10.0. The highest BCUT2D eigenvalue weighted by Gasteiger charge is 2.29. The Morgan fingerprint density at radius 3 is 3.03 bits per heavy atom. The molecule has 4 heterocycles. The van der Waals surface area contributed by atoms with Crippen LogP contribution in [0, 0.1) is 0 Å². The lowest BCUT2D eigenvalue weighted by Crippen LogP contribution is -2.35. The minimum absolute atomic E-state index is 0.147. The summed E-state index contributed by atoms with van der Waals surface area (Å²) in [6, 6.07) is 4.91. The molecule has 34 heavy (non-hydrogen) atoms. The predicted octanol–water partition coefficient (Wildman–Crippen LogP) is 2.18. The van der Waals surface area contributed by atoms with E-state index < -0.39 is 0 Å². The molecular weight excluding hydrogens is 460 g/mol. The number of benzene rings is 1. The van der Waals surface area contributed by atoms with E-state index in [0.717, 1.165) is 42.8 Å². The number of halogens is 1. The minimum Gasteiger partial charge on any atom is -0.482 e. The van der Waals surface area contributed by atoms with Gasteiger partial charge < -0.3 is 24.7 Å². The Morgan fingerprint density at radius 2 is 2.18 bits per heavy atom. The molecule has 0 spiro atoms. The highest BCUT2D eigenvalue weighted by molar-refractivity contribution is 6.33. The van der Waals surface area contributed by atoms with Gasteiger partial charge in [-0.1, -0.05) is 17.7 Å². The zero-order valence-electron chi connectivity index (χ0n) is 18.7. The van der Waals surface area contributed by atoms with Gasteiger partial charge in [0.05, 0.1) is 48.9 Å². The number of amides is 2. The molecule has 10 nitrogen and oxygen atoms in total. The minimum atomic E-state index is -0.364. The van der Waals surface area contributed by atoms with E-state index in [1.807, 2.05) is 6.07 Å². The summed E-state index contributed by atoms with van der Waals surface area (Å²) in [6.07, 6.45) is 6.47. The molecular formula is C23H25ClN6O4. The van der Waals surface area contributed by atoms with Crippen molar-refractivity contribution < 1.29 is 19.1 Å². The summed E-state index contributed by atoms with van der Waals surface area (Å²) < 4.78 is 15.1. The molecule has 178 valence electrons. The third-order valence-electron chi connectivity index (χ3n) is 6.14. The Morgan fingerprint density at radius 1 is 1.29 bits per heavy atom. The number of ether oxygens (including phenoxy) is 2. The standard InChI is InChI=1S/C23H25ClN6O4/c1-25-20(31)12-34-19-7-4-6-16(21(19)24)30-18-11-33-10-15(14(18)9-27-30)28-23(32)22-17-5-2-3-8-29(17)13-26-22/h4,6-7,9,13,15H,2-3,5,8,10-12H2,1H3,(H,25,31)(H,28,32)/t15-/m1/s1. The van der Waals surface area contributed by atoms with Gasteiger partial charge in [-0.3, -0.25) is 9.59 Å². The number of aromatic nitrogens is 4. The van der Waals surface area contributed by atoms with E-state index in [1.54, 1.807) is 29.3 Å². The molecule has 0 unspecified atom stereocenters. The van der Waals surface area contributed by atoms with Gasteiger partial charge in [0.15, 0.2) is 6.61 Å². The van der Waals surface area contributed by atoms with Crippen molar-refractivity contribution in [1.29, 1.82) is 0 Å². The summed E-state index contributed by atoms with van der Waals surface area (Å²) in [5.74, 6) is -0.102. The number of hydrogen-bond acceptors (Lipinski definition) is 6. The molecule has 0 fully saturated rings. The molecule has 0 aliphatic carbocycles. The van der Waals surface area contributed by atoms with E-state index in [2.05, 4.69) is 25.3 Å². The molecule has 1 atom stereocenters. The highest BCUT2D eigenvalue weighted by atomic mass is 35.5. The number of aryl methyl sites for hydroxylation is 1. The maximum absolute atomic E-state index is 13.0. The van der Waals surface area contributed by atoms with Crippen molar-refractivity contribution in [3.63, 3.8) is 0 Å². The molecule has 2 N–H and O–H groups in total. The van der Waals surface area contributed by atoms with Gasteiger partial charge in [-0.2, -0.15) is 5.10 Å². The van der Waals surface area contributed by atoms with Crippen molar-refractivity contribution in [2.75, 3.05) is 20.3 Å². The van der Waals surface area contributed by atoms with Crippen molar-refractivity contribution in [3.05, 3.63) is 58.4 Å². The Balaban J connectivity index is 1.38. The molecule has 0 bridgehead atoms. The number of rotatable bonds is 6. The van der Waals surface area contributed by atoms with Crippen LogP contribution in [0.2, 0.25) is 5.02 Å². The van der Waals surface area contributed by atoms with Crippen molar-refractivity contribution >= 4 is 23.4 Å². The van der Waals surface area contributed by atoms with Crippen molar-refractivity contribution in [2.24, 2.45) is 0 Å². The van der Waals surface area contributed by atoms with E-state index >= 15 is 0 Å². The normalized spacial score (nSPS) is 16.9. The fourth-order valence-electron chi connectivity index (χ4n) is 4.36. The summed E-state index contributed by atoms with van der Waals surface area (Å²) in [5, 5.41) is 10.4. The molecule has 2 amide bonds. The second-order valence-corrected chi connectivity index (χ2v) is 8.62. The van der Waals surface area contributed by atoms with E-state index in [-0.39, 0.29) is 24.5 Å². The van der Waals surface area contributed by atoms with Crippen molar-refractivity contribution in [2.45, 2.75) is 38.5 Å². The topological polar surface area (TPSA) is 112 Å². The average molecular weight is 485 g/mol. The maximum Gasteiger partial charge on any atom is 0.272 e. The molecule has 0 saturated carbocycles. The van der Waals surface area contributed by atoms with E-state index in [0.29, 0.717) is 35.4 Å². The first-order chi connectivity index (χ1) is 16.6. The number of imidazole rings is 1. The number of nitrogens with one attached hydrogen (secondary N) is 2. The van der Waals surface area contributed by atoms with Gasteiger partial charge in [-0.25, -0.2) is 9.67 Å². The van der Waals surface area contributed by atoms with Gasteiger partial charge in [-0.15, -0.1) is 0 Å². The quantitative estimate of drug-likeness (QED) is 0.554. The summed E-state index contributed by atoms with van der Waals surface area (Å²) >= 11 is 6.59. The second-order valence-electron chi connectivity index (χ2n) is 8.24. The smallest absolute Gasteiger partial charge is 0.272 e. The molecule has 0 saturated heterocycles. The van der Waals surface area contributed by atoms with E-state index in [9.17, 15) is 9.59 Å². The molecule has 2 aliphatic rings. The number of hydrogen-bond donors (Lipinski definition) is 2. The van der Waals surface area contributed by atoms with Gasteiger partial charge in [0.25, 0.3) is 11.8 Å². The monoisotopic (exact) mass is 484 g/mol. The third kappa shape index (κ3) is 4.14. The fraction of sp³-hybridized carbons (Fsp3) is 0.391. The summed E-state index contributed by atoms with van der Waals surface area (Å²) in [7, 11) is 1.54. The van der Waals surface area contributed by atoms with Crippen LogP contribution in [-0.2, 0) is 29.1 Å². The number of nitrogens with zero attached hydrogens (tertiary/aromatic N) is 4. The van der Waals surface area contributed by atoms with Gasteiger partial charge in [0.2, 0.25) is 0 Å². The van der Waals surface area contributed by atoms with E-state index in [4.69, 9.17) is 21.1 Å². The third-order valence-corrected chi connectivity index (χ3v) is 6.52. The molecule has 0 radical (unpaired) electrons. The van der Waals surface area contributed by atoms with Crippen LogP contribution in [0.25, 0.3) is 5.69 Å². The lowest BCUT2D eigenvalue weighted by Gasteiger charge is -2.25. The first-order valence-corrected chi connectivity index (χ1v) is 11.6. The fourth-order valence-corrected chi connectivity index (χ4v) is 4.62. The SMILES string of the molecule is CNC(=O)COc1cccc(-n2ncc3c2COC[C@H]3NC(=O)c2ncn3c2CCCC3)c1Cl. The summed E-state index contributed by atoms with van der Waals surface area (Å²) in [6.45, 7) is 1.41. The second kappa shape index (κ2) is 9.47. The molecule has 5 rings (SSSR count). The molecule has 2 aliphatic heterocycles. The Kier molecular flexibility index (Phi) is 6.25. The molecule has 11 heteroatoms. The van der Waals surface area contributed by atoms with Crippen LogP contribution < -0.4 is 15.4 Å². The maximum atomic E-state index is 13.0. The first-order valence-electron chi connectivity index (χ1n) is 11.2. The van der Waals surface area contributed by atoms with Gasteiger partial charge in [0.1, 0.15) is 16.5 Å². The summed E-state index contributed by atoms with van der Waals surface area (Å²) in [4.78, 5) is 28.9. The van der Waals surface area contributed by atoms with Gasteiger partial charge in [-0.05, 0) is 31.4 Å². The molecule has 1 aromatic carbocycles. The largest absolute Gasteiger partial charge is 0.482 e. The number of carbonyl (C=O) groups is 2. The Bertz CT molecular complexity index is 1240. The van der Waals surface area contributed by atoms with Gasteiger partial charge >= 0.3 is 0 Å². The average Bonchev–Trinajstić information content (AvgIpc) is 3.48. The van der Waals surface area contributed by atoms with Crippen molar-refractivity contribution in [1.82, 2.24) is 30.0 Å². The first kappa shape index (κ1) is 22.4. The predicted molar refractivity (Wildman–Crippen MR) is 123 cm³/mol. The zero-order valence-corrected chi connectivity index (χ0v) is 19.5. The molecule has 3 aromatic rings. The van der Waals surface area contributed by atoms with Crippen LogP contribution in [0.5, 0.6) is 5.75 Å². The van der Waals surface area contributed by atoms with Crippen molar-refractivity contribution in [3.8, 4) is 11.4 Å². The zero-order chi connectivity index (χ0) is 23.7. The highest BCUT2D eigenvalue weighted by Crippen LogP contribution is 2.34. The van der Waals surface area contributed by atoms with Gasteiger partial charge in [0, 0.05) is 19.2 Å². The number of likely N-dealkylation sites (N-methyl/N-ethyl adjacent to an activating group) is 1. The Labute approximate surface area is 201 Å². The van der Waals surface area contributed by atoms with Crippen LogP contribution in [0.15, 0.2) is 30.7 Å². The van der Waals surface area contributed by atoms with Crippen LogP contribution in [-0.4, -0.2) is 51.4 Å². The van der Waals surface area contributed by atoms with Crippen LogP contribution in [0.3, 0.4) is 0 Å². The van der Waals surface area contributed by atoms with Crippen LogP contribution >= 0.6 is 11.6 Å². The lowest BCUT2D eigenvalue weighted by molar-refractivity contribution is -0.122. The molecule has 2 aromatic heterocycles.